The van der Waals surface area contributed by atoms with Gasteiger partial charge in [0.25, 0.3) is 0 Å². The molecule has 9 heteroatoms. The molecular formula is C11H11N6O3+. The van der Waals surface area contributed by atoms with Crippen LogP contribution in [0.4, 0.5) is 5.82 Å². The quantitative estimate of drug-likeness (QED) is 0.341. The molecule has 0 amide bonds. The highest BCUT2D eigenvalue weighted by Crippen LogP contribution is 2.31. The molecule has 2 aromatic rings. The molecule has 1 aromatic carbocycles. The van der Waals surface area contributed by atoms with Gasteiger partial charge in [-0.25, -0.2) is 4.63 Å². The van der Waals surface area contributed by atoms with Crippen LogP contribution in [-0.4, -0.2) is 29.2 Å². The van der Waals surface area contributed by atoms with E-state index in [0.717, 1.165) is 5.56 Å². The summed E-state index contributed by atoms with van der Waals surface area (Å²) in [5, 5.41) is 13.5. The van der Waals surface area contributed by atoms with Crippen molar-refractivity contribution in [2.75, 3.05) is 12.5 Å². The highest BCUT2D eigenvalue weighted by molar-refractivity contribution is 5.98. The zero-order valence-corrected chi connectivity index (χ0v) is 10.2. The van der Waals surface area contributed by atoms with Crippen LogP contribution >= 0.6 is 0 Å². The van der Waals surface area contributed by atoms with Gasteiger partial charge in [-0.3, -0.25) is 0 Å². The van der Waals surface area contributed by atoms with Crippen LogP contribution in [0.15, 0.2) is 27.9 Å². The molecule has 1 aromatic heterocycles. The SMILES string of the molecule is NC(=N/[NH+]=C/c1ccc2c(c1)OCO2)c1nonc1N. The number of hydrazone groups is 1. The average Bonchev–Trinajstić information content (AvgIpc) is 3.06. The lowest BCUT2D eigenvalue weighted by molar-refractivity contribution is -0.456. The van der Waals surface area contributed by atoms with Crippen LogP contribution in [0.2, 0.25) is 0 Å². The summed E-state index contributed by atoms with van der Waals surface area (Å²) in [5.74, 6) is 1.55. The van der Waals surface area contributed by atoms with E-state index >= 15 is 0 Å². The Balaban J connectivity index is 1.76. The van der Waals surface area contributed by atoms with Crippen molar-refractivity contribution in [3.8, 4) is 11.5 Å². The minimum absolute atomic E-state index is 0.0701. The molecule has 0 bridgehead atoms. The van der Waals surface area contributed by atoms with Gasteiger partial charge in [-0.05, 0) is 28.5 Å². The average molecular weight is 275 g/mol. The fourth-order valence-electron chi connectivity index (χ4n) is 1.61. The lowest BCUT2D eigenvalue weighted by Crippen LogP contribution is -2.63. The van der Waals surface area contributed by atoms with E-state index < -0.39 is 0 Å². The second-order valence-corrected chi connectivity index (χ2v) is 3.88. The fraction of sp³-hybridized carbons (Fsp3) is 0.0909. The maximum atomic E-state index is 5.67. The van der Waals surface area contributed by atoms with Crippen molar-refractivity contribution in [1.29, 1.82) is 0 Å². The zero-order valence-electron chi connectivity index (χ0n) is 10.2. The van der Waals surface area contributed by atoms with E-state index in [1.54, 1.807) is 6.21 Å². The van der Waals surface area contributed by atoms with Crippen LogP contribution in [0, 0.1) is 0 Å². The van der Waals surface area contributed by atoms with Crippen molar-refractivity contribution in [2.24, 2.45) is 10.8 Å². The van der Waals surface area contributed by atoms with Gasteiger partial charge in [-0.15, -0.1) is 5.10 Å². The first kappa shape index (κ1) is 12.0. The Morgan fingerprint density at radius 2 is 2.15 bits per heavy atom. The van der Waals surface area contributed by atoms with Crippen molar-refractivity contribution >= 4 is 17.9 Å². The lowest BCUT2D eigenvalue weighted by Gasteiger charge is -1.94. The molecule has 0 fully saturated rings. The number of aromatic nitrogens is 2. The van der Waals surface area contributed by atoms with E-state index in [9.17, 15) is 0 Å². The Morgan fingerprint density at radius 1 is 1.30 bits per heavy atom. The Morgan fingerprint density at radius 3 is 2.95 bits per heavy atom. The van der Waals surface area contributed by atoms with Gasteiger partial charge in [0.1, 0.15) is 0 Å². The van der Waals surface area contributed by atoms with Gasteiger partial charge in [0.05, 0.1) is 0 Å². The molecule has 1 aliphatic rings. The number of fused-ring (bicyclic) bond motifs is 1. The summed E-state index contributed by atoms with van der Waals surface area (Å²) in [7, 11) is 0. The minimum Gasteiger partial charge on any atom is -0.454 e. The summed E-state index contributed by atoms with van der Waals surface area (Å²) in [6.45, 7) is 0.232. The van der Waals surface area contributed by atoms with Gasteiger partial charge in [0, 0.05) is 10.7 Å². The van der Waals surface area contributed by atoms with E-state index in [1.165, 1.54) is 0 Å². The van der Waals surface area contributed by atoms with E-state index in [0.29, 0.717) is 11.5 Å². The number of anilines is 1. The highest BCUT2D eigenvalue weighted by Gasteiger charge is 2.14. The van der Waals surface area contributed by atoms with Crippen LogP contribution in [0.5, 0.6) is 11.5 Å². The first-order valence-electron chi connectivity index (χ1n) is 5.64. The van der Waals surface area contributed by atoms with Gasteiger partial charge in [0.15, 0.2) is 23.0 Å². The number of amidine groups is 1. The largest absolute Gasteiger partial charge is 0.454 e. The normalized spacial score (nSPS) is 14.1. The van der Waals surface area contributed by atoms with Gasteiger partial charge >= 0.3 is 0 Å². The molecule has 2 heterocycles. The lowest BCUT2D eigenvalue weighted by atomic mass is 10.2. The standard InChI is InChI=1S/C11H10N6O3/c12-10(9-11(13)17-20-16-9)15-14-4-6-1-2-7-8(3-6)19-5-18-7/h1-4H,5H2,(H2,12,15)(H2,13,17)/p+1/b14-4+. The Bertz CT molecular complexity index is 693. The summed E-state index contributed by atoms with van der Waals surface area (Å²) in [5.41, 5.74) is 12.2. The smallest absolute Gasteiger partial charge is 0.231 e. The van der Waals surface area contributed by atoms with E-state index in [1.807, 2.05) is 18.2 Å². The van der Waals surface area contributed by atoms with E-state index in [4.69, 9.17) is 20.9 Å². The predicted molar refractivity (Wildman–Crippen MR) is 68.1 cm³/mol. The number of nitrogens with zero attached hydrogens (tertiary/aromatic N) is 3. The third-order valence-corrected chi connectivity index (χ3v) is 2.57. The van der Waals surface area contributed by atoms with Crippen molar-refractivity contribution in [1.82, 2.24) is 10.3 Å². The Labute approximate surface area is 112 Å². The summed E-state index contributed by atoms with van der Waals surface area (Å²) in [6.07, 6.45) is 1.64. The third kappa shape index (κ3) is 2.23. The number of hydrogen-bond acceptors (Lipinski definition) is 7. The monoisotopic (exact) mass is 275 g/mol. The maximum Gasteiger partial charge on any atom is 0.231 e. The topological polar surface area (TPSA) is 136 Å². The Kier molecular flexibility index (Phi) is 2.92. The summed E-state index contributed by atoms with van der Waals surface area (Å²) in [6, 6.07) is 5.47. The molecule has 0 aliphatic carbocycles. The molecule has 102 valence electrons. The molecule has 0 atom stereocenters. The number of nitrogen functional groups attached to an aromatic ring is 1. The van der Waals surface area contributed by atoms with Crippen molar-refractivity contribution < 1.29 is 19.2 Å². The number of nitrogens with two attached hydrogens (primary N) is 2. The number of nitrogens with one attached hydrogen (secondary N) is 1. The Hall–Kier alpha value is -3.10. The fourth-order valence-corrected chi connectivity index (χ4v) is 1.61. The van der Waals surface area contributed by atoms with Crippen molar-refractivity contribution in [3.63, 3.8) is 0 Å². The second-order valence-electron chi connectivity index (χ2n) is 3.88. The number of rotatable bonds is 3. The predicted octanol–water partition coefficient (Wildman–Crippen LogP) is -1.80. The molecule has 5 N–H and O–H groups in total. The molecule has 0 saturated heterocycles. The number of benzene rings is 1. The van der Waals surface area contributed by atoms with Gasteiger partial charge < -0.3 is 20.9 Å². The molecule has 0 spiro atoms. The van der Waals surface area contributed by atoms with E-state index in [2.05, 4.69) is 25.1 Å². The molecule has 0 unspecified atom stereocenters. The first-order valence-corrected chi connectivity index (χ1v) is 5.64. The van der Waals surface area contributed by atoms with Gasteiger partial charge in [0.2, 0.25) is 18.8 Å². The maximum absolute atomic E-state index is 5.67. The van der Waals surface area contributed by atoms with Gasteiger partial charge in [-0.1, -0.05) is 0 Å². The third-order valence-electron chi connectivity index (χ3n) is 2.57. The molecule has 1 aliphatic heterocycles. The molecule has 0 radical (unpaired) electrons. The number of hydrogen-bond donors (Lipinski definition) is 3. The van der Waals surface area contributed by atoms with Crippen LogP contribution in [0.25, 0.3) is 0 Å². The van der Waals surface area contributed by atoms with Crippen molar-refractivity contribution in [2.45, 2.75) is 0 Å². The van der Waals surface area contributed by atoms with Gasteiger partial charge in [-0.2, -0.15) is 0 Å². The molecule has 3 rings (SSSR count). The van der Waals surface area contributed by atoms with Crippen LogP contribution in [0.3, 0.4) is 0 Å². The zero-order chi connectivity index (χ0) is 13.9. The molecular weight excluding hydrogens is 264 g/mol. The molecule has 9 nitrogen and oxygen atoms in total. The molecule has 20 heavy (non-hydrogen) atoms. The van der Waals surface area contributed by atoms with E-state index in [-0.39, 0.29) is 24.1 Å². The van der Waals surface area contributed by atoms with Crippen molar-refractivity contribution in [3.05, 3.63) is 29.5 Å². The first-order chi connectivity index (χ1) is 9.74. The number of ether oxygens (including phenoxy) is 2. The van der Waals surface area contributed by atoms with Crippen LogP contribution in [0.1, 0.15) is 11.3 Å². The summed E-state index contributed by atoms with van der Waals surface area (Å²) < 4.78 is 14.9. The summed E-state index contributed by atoms with van der Waals surface area (Å²) in [4.78, 5) is 0. The second kappa shape index (κ2) is 4.88. The molecule has 0 saturated carbocycles. The van der Waals surface area contributed by atoms with Crippen LogP contribution < -0.4 is 26.0 Å². The van der Waals surface area contributed by atoms with Crippen LogP contribution in [-0.2, 0) is 0 Å². The highest BCUT2D eigenvalue weighted by atomic mass is 16.7. The minimum atomic E-state index is 0.0701. The summed E-state index contributed by atoms with van der Waals surface area (Å²) >= 11 is 0.